The largest absolute Gasteiger partial charge is 0.494 e. The van der Waals surface area contributed by atoms with E-state index in [-0.39, 0.29) is 10.8 Å². The molecule has 0 atom stereocenters. The highest BCUT2D eigenvalue weighted by atomic mass is 32.2. The van der Waals surface area contributed by atoms with Crippen LogP contribution in [0.2, 0.25) is 0 Å². The lowest BCUT2D eigenvalue weighted by atomic mass is 10.2. The first kappa shape index (κ1) is 20.9. The molecule has 2 rings (SSSR count). The van der Waals surface area contributed by atoms with Crippen LogP contribution in [0.25, 0.3) is 0 Å². The van der Waals surface area contributed by atoms with Crippen LogP contribution in [0.3, 0.4) is 0 Å². The van der Waals surface area contributed by atoms with E-state index >= 15 is 0 Å². The summed E-state index contributed by atoms with van der Waals surface area (Å²) in [4.78, 5) is 12.6. The smallest absolute Gasteiger partial charge is 0.255 e. The number of unbranched alkanes of at least 4 members (excludes halogenated alkanes) is 1. The van der Waals surface area contributed by atoms with Crippen LogP contribution in [0.4, 0.5) is 5.69 Å². The lowest BCUT2D eigenvalue weighted by Gasteiger charge is -2.17. The Kier molecular flexibility index (Phi) is 7.38. The van der Waals surface area contributed by atoms with E-state index in [1.807, 2.05) is 19.9 Å². The number of sulfonamides is 1. The summed E-state index contributed by atoms with van der Waals surface area (Å²) in [6.45, 7) is 4.91. The van der Waals surface area contributed by atoms with Crippen LogP contribution >= 0.6 is 0 Å². The minimum Gasteiger partial charge on any atom is -0.494 e. The van der Waals surface area contributed by atoms with Crippen molar-refractivity contribution < 1.29 is 17.9 Å². The summed E-state index contributed by atoms with van der Waals surface area (Å²) >= 11 is 0. The van der Waals surface area contributed by atoms with Gasteiger partial charge in [-0.25, -0.2) is 12.7 Å². The fourth-order valence-electron chi connectivity index (χ4n) is 2.49. The number of nitrogens with one attached hydrogen (secondary N) is 1. The first-order valence-electron chi connectivity index (χ1n) is 8.99. The van der Waals surface area contributed by atoms with Crippen LogP contribution in [0, 0.1) is 0 Å². The number of benzene rings is 2. The predicted molar refractivity (Wildman–Crippen MR) is 107 cm³/mol. The molecule has 0 radical (unpaired) electrons. The molecule has 0 spiro atoms. The van der Waals surface area contributed by atoms with Gasteiger partial charge in [-0.3, -0.25) is 4.79 Å². The third kappa shape index (κ3) is 5.55. The van der Waals surface area contributed by atoms with Crippen molar-refractivity contribution in [1.29, 1.82) is 0 Å². The number of amides is 1. The Morgan fingerprint density at radius 2 is 1.81 bits per heavy atom. The molecule has 6 nitrogen and oxygen atoms in total. The highest BCUT2D eigenvalue weighted by Gasteiger charge is 2.20. The van der Waals surface area contributed by atoms with Gasteiger partial charge >= 0.3 is 0 Å². The van der Waals surface area contributed by atoms with E-state index in [1.165, 1.54) is 28.6 Å². The van der Waals surface area contributed by atoms with Gasteiger partial charge in [0, 0.05) is 30.9 Å². The van der Waals surface area contributed by atoms with E-state index in [1.54, 1.807) is 25.2 Å². The molecule has 0 bridgehead atoms. The van der Waals surface area contributed by atoms with Crippen molar-refractivity contribution in [3.05, 3.63) is 54.1 Å². The number of ether oxygens (including phenoxy) is 1. The van der Waals surface area contributed by atoms with Crippen molar-refractivity contribution in [2.75, 3.05) is 25.5 Å². The summed E-state index contributed by atoms with van der Waals surface area (Å²) in [7, 11) is -1.97. The van der Waals surface area contributed by atoms with Crippen LogP contribution in [0.1, 0.15) is 37.0 Å². The van der Waals surface area contributed by atoms with Gasteiger partial charge in [-0.05, 0) is 49.7 Å². The van der Waals surface area contributed by atoms with E-state index in [2.05, 4.69) is 5.32 Å². The van der Waals surface area contributed by atoms with Crippen LogP contribution < -0.4 is 10.1 Å². The van der Waals surface area contributed by atoms with Crippen LogP contribution in [-0.2, 0) is 10.0 Å². The zero-order valence-corrected chi connectivity index (χ0v) is 16.8. The summed E-state index contributed by atoms with van der Waals surface area (Å²) in [5.41, 5.74) is 0.994. The Morgan fingerprint density at radius 1 is 1.11 bits per heavy atom. The number of rotatable bonds is 9. The number of nitrogens with zero attached hydrogens (tertiary/aromatic N) is 1. The summed E-state index contributed by atoms with van der Waals surface area (Å²) in [5.74, 6) is 0.360. The zero-order chi connectivity index (χ0) is 19.9. The number of carbonyl (C=O) groups is 1. The normalized spacial score (nSPS) is 11.4. The maximum atomic E-state index is 12.5. The Bertz CT molecular complexity index is 864. The molecule has 0 aromatic heterocycles. The topological polar surface area (TPSA) is 75.7 Å². The van der Waals surface area contributed by atoms with Gasteiger partial charge in [-0.15, -0.1) is 0 Å². The summed E-state index contributed by atoms with van der Waals surface area (Å²) in [6, 6.07) is 13.1. The Morgan fingerprint density at radius 3 is 2.44 bits per heavy atom. The third-order valence-electron chi connectivity index (χ3n) is 4.05. The molecule has 0 heterocycles. The Balaban J connectivity index is 2.10. The molecule has 2 aromatic rings. The van der Waals surface area contributed by atoms with Crippen molar-refractivity contribution >= 4 is 21.6 Å². The summed E-state index contributed by atoms with van der Waals surface area (Å²) in [6.07, 6.45) is 1.72. The molecule has 7 heteroatoms. The molecule has 0 fully saturated rings. The van der Waals surface area contributed by atoms with Crippen molar-refractivity contribution in [2.24, 2.45) is 0 Å². The maximum Gasteiger partial charge on any atom is 0.255 e. The van der Waals surface area contributed by atoms with E-state index in [4.69, 9.17) is 4.74 Å². The van der Waals surface area contributed by atoms with Gasteiger partial charge in [-0.1, -0.05) is 19.4 Å². The lowest BCUT2D eigenvalue weighted by Crippen LogP contribution is -2.28. The lowest BCUT2D eigenvalue weighted by molar-refractivity contribution is 0.102. The van der Waals surface area contributed by atoms with Gasteiger partial charge in [0.15, 0.2) is 0 Å². The van der Waals surface area contributed by atoms with Gasteiger partial charge < -0.3 is 10.1 Å². The van der Waals surface area contributed by atoms with E-state index < -0.39 is 10.0 Å². The quantitative estimate of drug-likeness (QED) is 0.707. The molecule has 2 aromatic carbocycles. The number of hydrogen-bond acceptors (Lipinski definition) is 4. The summed E-state index contributed by atoms with van der Waals surface area (Å²) in [5, 5.41) is 2.79. The molecule has 0 aliphatic rings. The van der Waals surface area contributed by atoms with E-state index in [9.17, 15) is 13.2 Å². The maximum absolute atomic E-state index is 12.5. The monoisotopic (exact) mass is 390 g/mol. The average Bonchev–Trinajstić information content (AvgIpc) is 2.66. The van der Waals surface area contributed by atoms with Crippen LogP contribution in [-0.4, -0.2) is 38.8 Å². The van der Waals surface area contributed by atoms with Gasteiger partial charge in [0.2, 0.25) is 10.0 Å². The number of carbonyl (C=O) groups excluding carboxylic acids is 1. The summed E-state index contributed by atoms with van der Waals surface area (Å²) < 4.78 is 31.8. The van der Waals surface area contributed by atoms with Gasteiger partial charge in [0.05, 0.1) is 11.5 Å². The molecule has 0 aliphatic heterocycles. The first-order valence-corrected chi connectivity index (χ1v) is 10.4. The first-order chi connectivity index (χ1) is 12.9. The van der Waals surface area contributed by atoms with Crippen molar-refractivity contribution in [3.8, 4) is 5.75 Å². The minimum absolute atomic E-state index is 0.177. The highest BCUT2D eigenvalue weighted by Crippen LogP contribution is 2.19. The van der Waals surface area contributed by atoms with Gasteiger partial charge in [0.25, 0.3) is 5.91 Å². The van der Waals surface area contributed by atoms with Gasteiger partial charge in [-0.2, -0.15) is 0 Å². The second-order valence-electron chi connectivity index (χ2n) is 6.12. The molecule has 0 unspecified atom stereocenters. The van der Waals surface area contributed by atoms with Crippen LogP contribution in [0.15, 0.2) is 53.4 Å². The predicted octanol–water partition coefficient (Wildman–Crippen LogP) is 3.76. The van der Waals surface area contributed by atoms with Gasteiger partial charge in [0.1, 0.15) is 5.75 Å². The fraction of sp³-hybridized carbons (Fsp3) is 0.350. The molecule has 0 saturated heterocycles. The molecule has 1 N–H and O–H groups in total. The molecule has 0 aliphatic carbocycles. The second-order valence-corrected chi connectivity index (χ2v) is 8.16. The molecular formula is C20H26N2O4S. The molecule has 1 amide bonds. The van der Waals surface area contributed by atoms with Crippen molar-refractivity contribution in [2.45, 2.75) is 31.6 Å². The Labute approximate surface area is 161 Å². The van der Waals surface area contributed by atoms with Crippen LogP contribution in [0.5, 0.6) is 5.75 Å². The van der Waals surface area contributed by atoms with Crippen molar-refractivity contribution in [3.63, 3.8) is 0 Å². The standard InChI is InChI=1S/C20H26N2O4S/c1-4-6-14-22(3)27(24,25)19-12-10-16(11-13-19)20(23)21-17-8-7-9-18(15-17)26-5-2/h7-13,15H,4-6,14H2,1-3H3,(H,21,23). The molecular weight excluding hydrogens is 364 g/mol. The SMILES string of the molecule is CCCCN(C)S(=O)(=O)c1ccc(C(=O)Nc2cccc(OCC)c2)cc1. The molecule has 146 valence electrons. The van der Waals surface area contributed by atoms with E-state index in [0.29, 0.717) is 30.2 Å². The van der Waals surface area contributed by atoms with E-state index in [0.717, 1.165) is 12.8 Å². The zero-order valence-electron chi connectivity index (χ0n) is 15.9. The Hall–Kier alpha value is -2.38. The average molecular weight is 391 g/mol. The van der Waals surface area contributed by atoms with Crippen molar-refractivity contribution in [1.82, 2.24) is 4.31 Å². The highest BCUT2D eigenvalue weighted by molar-refractivity contribution is 7.89. The molecule has 0 saturated carbocycles. The number of hydrogen-bond donors (Lipinski definition) is 1. The number of anilines is 1. The third-order valence-corrected chi connectivity index (χ3v) is 5.93. The minimum atomic E-state index is -3.54. The molecule has 27 heavy (non-hydrogen) atoms. The second kappa shape index (κ2) is 9.53. The fourth-order valence-corrected chi connectivity index (χ4v) is 3.70.